The summed E-state index contributed by atoms with van der Waals surface area (Å²) in [7, 11) is 0. The Morgan fingerprint density at radius 3 is 1.70 bits per heavy atom. The fourth-order valence-corrected chi connectivity index (χ4v) is 2.34. The zero-order chi connectivity index (χ0) is 20.8. The van der Waals surface area contributed by atoms with Crippen LogP contribution in [0.25, 0.3) is 0 Å². The summed E-state index contributed by atoms with van der Waals surface area (Å²) in [5.74, 6) is -3.88. The molecule has 0 rings (SSSR count). The first-order valence-corrected chi connectivity index (χ1v) is 8.94. The van der Waals surface area contributed by atoms with Gasteiger partial charge in [0.1, 0.15) is 12.1 Å². The lowest BCUT2D eigenvalue weighted by atomic mass is 10.1. The SMILES string of the molecule is NCCCCC(NC(=O)C(CCCCN)NC(=O)C(N)CC(=O)O)C(=O)O. The Hall–Kier alpha value is -2.24. The number of carboxylic acid groups (broad SMARTS) is 2. The Balaban J connectivity index is 4.96. The first-order valence-electron chi connectivity index (χ1n) is 8.94. The van der Waals surface area contributed by atoms with Crippen LogP contribution in [0.3, 0.4) is 0 Å². The number of carboxylic acids is 2. The monoisotopic (exact) mass is 389 g/mol. The van der Waals surface area contributed by atoms with Crippen LogP contribution in [0.1, 0.15) is 44.9 Å². The van der Waals surface area contributed by atoms with Gasteiger partial charge < -0.3 is 38.0 Å². The highest BCUT2D eigenvalue weighted by Crippen LogP contribution is 2.06. The standard InChI is InChI=1S/C16H31N5O6/c17-7-3-1-5-11(20-14(24)10(19)9-13(22)23)15(25)21-12(16(26)27)6-2-4-8-18/h10-12H,1-9,17-19H2,(H,20,24)(H,21,25)(H,22,23)(H,26,27). The van der Waals surface area contributed by atoms with Crippen molar-refractivity contribution in [1.29, 1.82) is 0 Å². The zero-order valence-electron chi connectivity index (χ0n) is 15.4. The molecular weight excluding hydrogens is 358 g/mol. The second kappa shape index (κ2) is 13.9. The number of aliphatic carboxylic acids is 2. The van der Waals surface area contributed by atoms with Crippen LogP contribution in [0.5, 0.6) is 0 Å². The average Bonchev–Trinajstić information content (AvgIpc) is 2.59. The second-order valence-electron chi connectivity index (χ2n) is 6.23. The van der Waals surface area contributed by atoms with E-state index in [0.717, 1.165) is 0 Å². The quantitative estimate of drug-likeness (QED) is 0.156. The maximum Gasteiger partial charge on any atom is 0.326 e. The van der Waals surface area contributed by atoms with Crippen molar-refractivity contribution in [1.82, 2.24) is 10.6 Å². The van der Waals surface area contributed by atoms with E-state index < -0.39 is 48.3 Å². The lowest BCUT2D eigenvalue weighted by Crippen LogP contribution is -2.54. The number of hydrogen-bond acceptors (Lipinski definition) is 7. The van der Waals surface area contributed by atoms with Gasteiger partial charge in [-0.2, -0.15) is 0 Å². The van der Waals surface area contributed by atoms with Crippen LogP contribution in [0.15, 0.2) is 0 Å². The number of rotatable bonds is 15. The number of hydrogen-bond donors (Lipinski definition) is 7. The molecule has 27 heavy (non-hydrogen) atoms. The summed E-state index contributed by atoms with van der Waals surface area (Å²) in [4.78, 5) is 46.5. The van der Waals surface area contributed by atoms with Gasteiger partial charge in [-0.1, -0.05) is 0 Å². The van der Waals surface area contributed by atoms with E-state index in [4.69, 9.17) is 22.3 Å². The van der Waals surface area contributed by atoms with E-state index in [9.17, 15) is 24.3 Å². The Labute approximate surface area is 158 Å². The zero-order valence-corrected chi connectivity index (χ0v) is 15.4. The van der Waals surface area contributed by atoms with Crippen molar-refractivity contribution < 1.29 is 29.4 Å². The highest BCUT2D eigenvalue weighted by Gasteiger charge is 2.28. The third kappa shape index (κ3) is 11.2. The lowest BCUT2D eigenvalue weighted by Gasteiger charge is -2.22. The Bertz CT molecular complexity index is 502. The van der Waals surface area contributed by atoms with E-state index >= 15 is 0 Å². The Morgan fingerprint density at radius 1 is 0.778 bits per heavy atom. The van der Waals surface area contributed by atoms with E-state index in [1.54, 1.807) is 0 Å². The minimum Gasteiger partial charge on any atom is -0.481 e. The van der Waals surface area contributed by atoms with Crippen LogP contribution in [0.2, 0.25) is 0 Å². The minimum absolute atomic E-state index is 0.209. The molecule has 3 unspecified atom stereocenters. The maximum atomic E-state index is 12.5. The number of nitrogens with two attached hydrogens (primary N) is 3. The van der Waals surface area contributed by atoms with Gasteiger partial charge in [0.2, 0.25) is 11.8 Å². The largest absolute Gasteiger partial charge is 0.481 e. The minimum atomic E-state index is -1.31. The number of amides is 2. The lowest BCUT2D eigenvalue weighted by molar-refractivity contribution is -0.143. The fourth-order valence-electron chi connectivity index (χ4n) is 2.34. The highest BCUT2D eigenvalue weighted by molar-refractivity contribution is 5.92. The molecule has 0 aliphatic rings. The van der Waals surface area contributed by atoms with Gasteiger partial charge in [-0.05, 0) is 51.6 Å². The van der Waals surface area contributed by atoms with Crippen molar-refractivity contribution in [2.24, 2.45) is 17.2 Å². The van der Waals surface area contributed by atoms with E-state index in [2.05, 4.69) is 10.6 Å². The molecule has 11 heteroatoms. The molecule has 0 aliphatic heterocycles. The van der Waals surface area contributed by atoms with Crippen molar-refractivity contribution in [3.63, 3.8) is 0 Å². The molecule has 0 aromatic heterocycles. The number of carbonyl (C=O) groups is 4. The number of unbranched alkanes of at least 4 members (excludes halogenated alkanes) is 2. The van der Waals surface area contributed by atoms with E-state index in [1.807, 2.05) is 0 Å². The van der Waals surface area contributed by atoms with Crippen molar-refractivity contribution in [3.05, 3.63) is 0 Å². The summed E-state index contributed by atoms with van der Waals surface area (Å²) < 4.78 is 0. The molecule has 0 radical (unpaired) electrons. The predicted octanol–water partition coefficient (Wildman–Crippen LogP) is -1.90. The molecule has 0 spiro atoms. The van der Waals surface area contributed by atoms with Crippen molar-refractivity contribution in [2.45, 2.75) is 63.1 Å². The van der Waals surface area contributed by atoms with Gasteiger partial charge in [-0.15, -0.1) is 0 Å². The molecule has 0 saturated carbocycles. The van der Waals surface area contributed by atoms with Crippen molar-refractivity contribution >= 4 is 23.8 Å². The van der Waals surface area contributed by atoms with E-state index in [0.29, 0.717) is 38.8 Å². The summed E-state index contributed by atoms with van der Waals surface area (Å²) in [6, 6.07) is -3.45. The fraction of sp³-hybridized carbons (Fsp3) is 0.750. The van der Waals surface area contributed by atoms with Gasteiger partial charge in [0.05, 0.1) is 12.5 Å². The topological polar surface area (TPSA) is 211 Å². The van der Waals surface area contributed by atoms with Crippen LogP contribution >= 0.6 is 0 Å². The first-order chi connectivity index (χ1) is 12.7. The van der Waals surface area contributed by atoms with Gasteiger partial charge in [0.25, 0.3) is 0 Å². The summed E-state index contributed by atoms with van der Waals surface area (Å²) in [6.45, 7) is 0.817. The highest BCUT2D eigenvalue weighted by atomic mass is 16.4. The van der Waals surface area contributed by atoms with Gasteiger partial charge in [-0.25, -0.2) is 4.79 Å². The van der Waals surface area contributed by atoms with Gasteiger partial charge >= 0.3 is 11.9 Å². The first kappa shape index (κ1) is 24.8. The van der Waals surface area contributed by atoms with Crippen molar-refractivity contribution in [2.75, 3.05) is 13.1 Å². The molecule has 3 atom stereocenters. The molecular formula is C16H31N5O6. The van der Waals surface area contributed by atoms with Crippen LogP contribution < -0.4 is 27.8 Å². The van der Waals surface area contributed by atoms with Gasteiger partial charge in [-0.3, -0.25) is 14.4 Å². The summed E-state index contributed by atoms with van der Waals surface area (Å²) in [5, 5.41) is 22.8. The van der Waals surface area contributed by atoms with Crippen LogP contribution in [0, 0.1) is 0 Å². The summed E-state index contributed by atoms with van der Waals surface area (Å²) >= 11 is 0. The molecule has 0 aromatic carbocycles. The van der Waals surface area contributed by atoms with Crippen LogP contribution in [0.4, 0.5) is 0 Å². The van der Waals surface area contributed by atoms with Gasteiger partial charge in [0, 0.05) is 0 Å². The third-order valence-corrected chi connectivity index (χ3v) is 3.87. The van der Waals surface area contributed by atoms with Gasteiger partial charge in [0.15, 0.2) is 0 Å². The molecule has 156 valence electrons. The molecule has 0 heterocycles. The predicted molar refractivity (Wildman–Crippen MR) is 97.5 cm³/mol. The Morgan fingerprint density at radius 2 is 1.26 bits per heavy atom. The number of nitrogens with one attached hydrogen (secondary N) is 2. The number of carbonyl (C=O) groups excluding carboxylic acids is 2. The molecule has 0 aliphatic carbocycles. The molecule has 0 aromatic rings. The molecule has 0 fully saturated rings. The molecule has 0 saturated heterocycles. The van der Waals surface area contributed by atoms with E-state index in [-0.39, 0.29) is 12.8 Å². The van der Waals surface area contributed by atoms with Crippen LogP contribution in [-0.4, -0.2) is 65.2 Å². The third-order valence-electron chi connectivity index (χ3n) is 3.87. The van der Waals surface area contributed by atoms with E-state index in [1.165, 1.54) is 0 Å². The molecule has 10 N–H and O–H groups in total. The Kier molecular flexibility index (Phi) is 12.7. The van der Waals surface area contributed by atoms with Crippen LogP contribution in [-0.2, 0) is 19.2 Å². The summed E-state index contributed by atoms with van der Waals surface area (Å²) in [5.41, 5.74) is 16.3. The maximum absolute atomic E-state index is 12.5. The van der Waals surface area contributed by atoms with Crippen molar-refractivity contribution in [3.8, 4) is 0 Å². The normalized spacial score (nSPS) is 14.0. The molecule has 11 nitrogen and oxygen atoms in total. The smallest absolute Gasteiger partial charge is 0.326 e. The molecule has 2 amide bonds. The molecule has 0 bridgehead atoms. The summed E-state index contributed by atoms with van der Waals surface area (Å²) in [6.07, 6.45) is 2.14. The second-order valence-corrected chi connectivity index (χ2v) is 6.23. The average molecular weight is 389 g/mol.